The van der Waals surface area contributed by atoms with Gasteiger partial charge >= 0.3 is 0 Å². The molecule has 1 aliphatic rings. The molecule has 1 aromatic heterocycles. The lowest BCUT2D eigenvalue weighted by molar-refractivity contribution is 0.569. The summed E-state index contributed by atoms with van der Waals surface area (Å²) < 4.78 is 2.08. The highest BCUT2D eigenvalue weighted by Crippen LogP contribution is 2.23. The number of thioether (sulfide) groups is 1. The average Bonchev–Trinajstić information content (AvgIpc) is 2.72. The Morgan fingerprint density at radius 3 is 2.79 bits per heavy atom. The molecule has 2 heterocycles. The first-order chi connectivity index (χ1) is 6.33. The number of aromatic nitrogens is 3. The molecule has 0 radical (unpaired) electrons. The normalized spacial score (nSPS) is 20.9. The second kappa shape index (κ2) is 5.00. The first kappa shape index (κ1) is 11.8. The first-order valence-electron chi connectivity index (χ1n) is 4.49. The van der Waals surface area contributed by atoms with E-state index in [-0.39, 0.29) is 12.4 Å². The average molecular weight is 235 g/mol. The Bertz CT molecular complexity index is 296. The summed E-state index contributed by atoms with van der Waals surface area (Å²) >= 11 is 1.64. The van der Waals surface area contributed by atoms with Gasteiger partial charge in [0.2, 0.25) is 0 Å². The molecule has 0 aromatic carbocycles. The fraction of sp³-hybridized carbons (Fsp3) is 0.750. The molecule has 1 aliphatic heterocycles. The minimum atomic E-state index is 0. The van der Waals surface area contributed by atoms with Crippen LogP contribution in [-0.2, 0) is 7.05 Å². The zero-order chi connectivity index (χ0) is 9.26. The molecule has 4 nitrogen and oxygen atoms in total. The molecule has 2 rings (SSSR count). The second-order valence-electron chi connectivity index (χ2n) is 3.25. The summed E-state index contributed by atoms with van der Waals surface area (Å²) in [5.41, 5.74) is 0. The highest BCUT2D eigenvalue weighted by molar-refractivity contribution is 7.98. The van der Waals surface area contributed by atoms with Crippen LogP contribution in [0.2, 0.25) is 0 Å². The minimum Gasteiger partial charge on any atom is -0.308 e. The summed E-state index contributed by atoms with van der Waals surface area (Å²) in [5.74, 6) is 1.07. The van der Waals surface area contributed by atoms with E-state index in [0.717, 1.165) is 17.5 Å². The molecule has 14 heavy (non-hydrogen) atoms. The highest BCUT2D eigenvalue weighted by atomic mass is 35.5. The Balaban J connectivity index is 0.000000980. The van der Waals surface area contributed by atoms with Crippen LogP contribution < -0.4 is 5.32 Å². The summed E-state index contributed by atoms with van der Waals surface area (Å²) in [6, 6.07) is 0.415. The third kappa shape index (κ3) is 2.04. The van der Waals surface area contributed by atoms with Crippen molar-refractivity contribution >= 4 is 24.2 Å². The van der Waals surface area contributed by atoms with Crippen LogP contribution in [0.25, 0.3) is 0 Å². The Morgan fingerprint density at radius 2 is 2.29 bits per heavy atom. The monoisotopic (exact) mass is 234 g/mol. The molecule has 1 atom stereocenters. The van der Waals surface area contributed by atoms with E-state index in [1.165, 1.54) is 12.8 Å². The van der Waals surface area contributed by atoms with Gasteiger partial charge in [0.1, 0.15) is 0 Å². The van der Waals surface area contributed by atoms with E-state index in [1.807, 2.05) is 13.3 Å². The fourth-order valence-corrected chi connectivity index (χ4v) is 2.20. The van der Waals surface area contributed by atoms with Crippen molar-refractivity contribution in [1.29, 1.82) is 0 Å². The number of hydrogen-bond donors (Lipinski definition) is 1. The van der Waals surface area contributed by atoms with Gasteiger partial charge in [-0.15, -0.1) is 22.6 Å². The Hall–Kier alpha value is -0.260. The summed E-state index contributed by atoms with van der Waals surface area (Å²) in [6.45, 7) is 1.10. The predicted molar refractivity (Wildman–Crippen MR) is 60.0 cm³/mol. The summed E-state index contributed by atoms with van der Waals surface area (Å²) in [6.07, 6.45) is 4.45. The molecule has 1 saturated heterocycles. The lowest BCUT2D eigenvalue weighted by atomic mass is 10.2. The third-order valence-electron chi connectivity index (χ3n) is 2.42. The van der Waals surface area contributed by atoms with Gasteiger partial charge in [-0.3, -0.25) is 0 Å². The Kier molecular flexibility index (Phi) is 4.22. The van der Waals surface area contributed by atoms with Gasteiger partial charge in [-0.1, -0.05) is 11.8 Å². The molecular formula is C8H15ClN4S. The smallest absolute Gasteiger partial charge is 0.190 e. The molecule has 1 unspecified atom stereocenters. The largest absolute Gasteiger partial charge is 0.308 e. The van der Waals surface area contributed by atoms with Crippen molar-refractivity contribution in [3.05, 3.63) is 5.82 Å². The summed E-state index contributed by atoms with van der Waals surface area (Å²) in [5, 5.41) is 12.7. The molecule has 0 spiro atoms. The van der Waals surface area contributed by atoms with E-state index in [0.29, 0.717) is 6.04 Å². The van der Waals surface area contributed by atoms with E-state index in [4.69, 9.17) is 0 Å². The van der Waals surface area contributed by atoms with Crippen LogP contribution in [0, 0.1) is 0 Å². The van der Waals surface area contributed by atoms with Crippen LogP contribution >= 0.6 is 24.2 Å². The van der Waals surface area contributed by atoms with Gasteiger partial charge < -0.3 is 9.88 Å². The van der Waals surface area contributed by atoms with Crippen LogP contribution in [0.1, 0.15) is 24.7 Å². The molecule has 0 amide bonds. The first-order valence-corrected chi connectivity index (χ1v) is 5.72. The van der Waals surface area contributed by atoms with E-state index in [2.05, 4.69) is 20.1 Å². The Labute approximate surface area is 94.3 Å². The summed E-state index contributed by atoms with van der Waals surface area (Å²) in [7, 11) is 2.03. The van der Waals surface area contributed by atoms with Crippen molar-refractivity contribution in [1.82, 2.24) is 20.1 Å². The highest BCUT2D eigenvalue weighted by Gasteiger charge is 2.21. The lowest BCUT2D eigenvalue weighted by Gasteiger charge is -2.08. The van der Waals surface area contributed by atoms with Crippen LogP contribution in [0.15, 0.2) is 5.16 Å². The molecule has 1 aromatic rings. The van der Waals surface area contributed by atoms with Crippen LogP contribution in [0.3, 0.4) is 0 Å². The van der Waals surface area contributed by atoms with Crippen molar-refractivity contribution in [3.8, 4) is 0 Å². The molecule has 1 N–H and O–H groups in total. The number of halogens is 1. The third-order valence-corrected chi connectivity index (χ3v) is 3.14. The fourth-order valence-electron chi connectivity index (χ4n) is 1.71. The molecule has 0 bridgehead atoms. The Morgan fingerprint density at radius 1 is 1.50 bits per heavy atom. The maximum absolute atomic E-state index is 4.20. The van der Waals surface area contributed by atoms with Crippen molar-refractivity contribution in [2.75, 3.05) is 12.8 Å². The molecule has 0 aliphatic carbocycles. The minimum absolute atomic E-state index is 0. The molecule has 0 saturated carbocycles. The predicted octanol–water partition coefficient (Wildman–Crippen LogP) is 1.38. The molecular weight excluding hydrogens is 220 g/mol. The topological polar surface area (TPSA) is 42.7 Å². The van der Waals surface area contributed by atoms with E-state index in [9.17, 15) is 0 Å². The SMILES string of the molecule is CSc1nnc(C2CCCN2)n1C.Cl. The zero-order valence-corrected chi connectivity index (χ0v) is 9.99. The number of hydrogen-bond acceptors (Lipinski definition) is 4. The molecule has 80 valence electrons. The van der Waals surface area contributed by atoms with Crippen molar-refractivity contribution < 1.29 is 0 Å². The van der Waals surface area contributed by atoms with Gasteiger partial charge in [-0.2, -0.15) is 0 Å². The van der Waals surface area contributed by atoms with Gasteiger partial charge in [-0.05, 0) is 25.6 Å². The number of nitrogens with one attached hydrogen (secondary N) is 1. The van der Waals surface area contributed by atoms with Gasteiger partial charge in [0.05, 0.1) is 6.04 Å². The van der Waals surface area contributed by atoms with Crippen molar-refractivity contribution in [2.45, 2.75) is 24.0 Å². The van der Waals surface area contributed by atoms with Gasteiger partial charge in [-0.25, -0.2) is 0 Å². The van der Waals surface area contributed by atoms with E-state index < -0.39 is 0 Å². The zero-order valence-electron chi connectivity index (χ0n) is 8.36. The van der Waals surface area contributed by atoms with Crippen molar-refractivity contribution in [3.63, 3.8) is 0 Å². The number of rotatable bonds is 2. The van der Waals surface area contributed by atoms with Crippen LogP contribution in [0.5, 0.6) is 0 Å². The van der Waals surface area contributed by atoms with E-state index >= 15 is 0 Å². The van der Waals surface area contributed by atoms with E-state index in [1.54, 1.807) is 11.8 Å². The van der Waals surface area contributed by atoms with Crippen molar-refractivity contribution in [2.24, 2.45) is 7.05 Å². The van der Waals surface area contributed by atoms with Crippen LogP contribution in [-0.4, -0.2) is 27.6 Å². The molecule has 1 fully saturated rings. The molecule has 6 heteroatoms. The van der Waals surface area contributed by atoms with Gasteiger partial charge in [0, 0.05) is 7.05 Å². The van der Waals surface area contributed by atoms with Crippen LogP contribution in [0.4, 0.5) is 0 Å². The quantitative estimate of drug-likeness (QED) is 0.786. The second-order valence-corrected chi connectivity index (χ2v) is 4.03. The maximum atomic E-state index is 4.20. The van der Waals surface area contributed by atoms with Gasteiger partial charge in [0.15, 0.2) is 11.0 Å². The standard InChI is InChI=1S/C8H14N4S.ClH/c1-12-7(6-4-3-5-9-6)10-11-8(12)13-2;/h6,9H,3-5H2,1-2H3;1H. The van der Waals surface area contributed by atoms with Gasteiger partial charge in [0.25, 0.3) is 0 Å². The number of nitrogens with zero attached hydrogens (tertiary/aromatic N) is 3. The summed E-state index contributed by atoms with van der Waals surface area (Å²) in [4.78, 5) is 0. The maximum Gasteiger partial charge on any atom is 0.190 e. The lowest BCUT2D eigenvalue weighted by Crippen LogP contribution is -2.17.